The Balaban J connectivity index is 1.02. The minimum Gasteiger partial charge on any atom is -0.453 e. The molecule has 2 aliphatic heterocycles. The minimum absolute atomic E-state index is 0.0407. The second-order valence-corrected chi connectivity index (χ2v) is 18.8. The van der Waals surface area contributed by atoms with Crippen LogP contribution in [-0.4, -0.2) is 0 Å². The molecule has 0 bridgehead atoms. The Morgan fingerprint density at radius 3 is 1.23 bits per heavy atom. The van der Waals surface area contributed by atoms with E-state index in [1.165, 1.54) is 66.1 Å². The quantitative estimate of drug-likeness (QED) is 0.161. The molecule has 69 heavy (non-hydrogen) atoms. The molecular weight excluding hydrogens is 841 g/mol. The molecule has 0 amide bonds. The highest BCUT2D eigenvalue weighted by Crippen LogP contribution is 2.55. The molecule has 2 heterocycles. The highest BCUT2D eigenvalue weighted by atomic mass is 16.5. The van der Waals surface area contributed by atoms with Crippen LogP contribution in [0.3, 0.4) is 0 Å². The van der Waals surface area contributed by atoms with Gasteiger partial charge in [-0.1, -0.05) is 166 Å². The number of para-hydroxylation sites is 8. The van der Waals surface area contributed by atoms with E-state index in [0.29, 0.717) is 0 Å². The Kier molecular flexibility index (Phi) is 8.59. The van der Waals surface area contributed by atoms with Gasteiger partial charge in [-0.25, -0.2) is 0 Å². The van der Waals surface area contributed by atoms with Crippen LogP contribution in [0.4, 0.5) is 34.1 Å². The fraction of sp³-hybridized carbons (Fsp3) is 0.0462. The summed E-state index contributed by atoms with van der Waals surface area (Å²) in [7, 11) is 0. The number of fused-ring (bicyclic) bond motifs is 9. The predicted molar refractivity (Wildman–Crippen MR) is 285 cm³/mol. The number of ether oxygens (including phenoxy) is 2. The molecule has 326 valence electrons. The van der Waals surface area contributed by atoms with Crippen molar-refractivity contribution < 1.29 is 9.47 Å². The van der Waals surface area contributed by atoms with Crippen LogP contribution in [0.25, 0.3) is 66.1 Å². The Hall–Kier alpha value is -8.86. The molecule has 4 heteroatoms. The zero-order valence-electron chi connectivity index (χ0n) is 38.2. The van der Waals surface area contributed by atoms with Crippen LogP contribution >= 0.6 is 0 Å². The van der Waals surface area contributed by atoms with Crippen molar-refractivity contribution in [1.29, 1.82) is 0 Å². The molecule has 0 spiro atoms. The standard InChI is InChI=1S/C65H44N2O2/c1-65(2)53-19-7-6-18-47(53)50-38-44(32-37-54(50)65)41-28-30-43(31-29-41)64-49-36-34-45(66-55-20-8-12-24-59(55)68-60-25-13-9-21-56(60)66)39-51(49)63(42-16-4-3-5-17-42)48-35-33-46(40-52(48)64)67-57-22-10-14-26-61(57)69-62-27-15-11-23-58(62)67/h3-40H,1-2H3. The van der Waals surface area contributed by atoms with Gasteiger partial charge in [0.1, 0.15) is 0 Å². The van der Waals surface area contributed by atoms with Crippen molar-refractivity contribution in [3.63, 3.8) is 0 Å². The summed E-state index contributed by atoms with van der Waals surface area (Å²) >= 11 is 0. The lowest BCUT2D eigenvalue weighted by molar-refractivity contribution is 0.477. The number of rotatable bonds is 5. The van der Waals surface area contributed by atoms with E-state index >= 15 is 0 Å². The lowest BCUT2D eigenvalue weighted by atomic mass is 9.82. The molecule has 0 saturated heterocycles. The smallest absolute Gasteiger partial charge is 0.151 e. The zero-order valence-corrected chi connectivity index (χ0v) is 38.2. The van der Waals surface area contributed by atoms with E-state index in [-0.39, 0.29) is 5.41 Å². The van der Waals surface area contributed by atoms with E-state index in [2.05, 4.69) is 230 Å². The number of hydrogen-bond acceptors (Lipinski definition) is 4. The summed E-state index contributed by atoms with van der Waals surface area (Å²) in [4.78, 5) is 4.68. The van der Waals surface area contributed by atoms with Crippen LogP contribution in [0.2, 0.25) is 0 Å². The van der Waals surface area contributed by atoms with Crippen molar-refractivity contribution in [1.82, 2.24) is 0 Å². The van der Waals surface area contributed by atoms with Crippen LogP contribution in [0.1, 0.15) is 25.0 Å². The molecule has 0 fully saturated rings. The van der Waals surface area contributed by atoms with E-state index in [0.717, 1.165) is 68.2 Å². The first kappa shape index (κ1) is 39.3. The van der Waals surface area contributed by atoms with Crippen LogP contribution < -0.4 is 19.3 Å². The fourth-order valence-corrected chi connectivity index (χ4v) is 11.4. The van der Waals surface area contributed by atoms with E-state index in [9.17, 15) is 0 Å². The Morgan fingerprint density at radius 2 is 0.710 bits per heavy atom. The van der Waals surface area contributed by atoms with Gasteiger partial charge in [0.25, 0.3) is 0 Å². The molecule has 0 N–H and O–H groups in total. The third kappa shape index (κ3) is 6.02. The molecule has 0 radical (unpaired) electrons. The lowest BCUT2D eigenvalue weighted by Gasteiger charge is -2.33. The van der Waals surface area contributed by atoms with Gasteiger partial charge in [0.2, 0.25) is 0 Å². The maximum absolute atomic E-state index is 6.50. The topological polar surface area (TPSA) is 24.9 Å². The molecular formula is C65H44N2O2. The number of nitrogens with zero attached hydrogens (tertiary/aromatic N) is 2. The SMILES string of the molecule is CC1(C)c2ccccc2-c2cc(-c3ccc(-c4c5ccc(N6c7ccccc7Oc7ccccc76)cc5c(-c5ccccc5)c5ccc(N6c7ccccc7Oc7ccccc76)cc45)cc3)ccc21. The largest absolute Gasteiger partial charge is 0.453 e. The van der Waals surface area contributed by atoms with Gasteiger partial charge in [0.05, 0.1) is 22.7 Å². The molecule has 3 aliphatic rings. The van der Waals surface area contributed by atoms with Crippen molar-refractivity contribution >= 4 is 55.7 Å². The molecule has 14 rings (SSSR count). The van der Waals surface area contributed by atoms with Gasteiger partial charge in [-0.3, -0.25) is 0 Å². The van der Waals surface area contributed by atoms with Crippen LogP contribution in [0, 0.1) is 0 Å². The third-order valence-electron chi connectivity index (χ3n) is 14.6. The molecule has 11 aromatic carbocycles. The van der Waals surface area contributed by atoms with Crippen LogP contribution in [0.15, 0.2) is 231 Å². The monoisotopic (exact) mass is 884 g/mol. The summed E-state index contributed by atoms with van der Waals surface area (Å²) in [6, 6.07) is 83.3. The number of benzene rings is 11. The molecule has 0 saturated carbocycles. The van der Waals surface area contributed by atoms with Gasteiger partial charge in [-0.15, -0.1) is 0 Å². The van der Waals surface area contributed by atoms with Gasteiger partial charge < -0.3 is 19.3 Å². The van der Waals surface area contributed by atoms with E-state index < -0.39 is 0 Å². The second-order valence-electron chi connectivity index (χ2n) is 18.8. The summed E-state index contributed by atoms with van der Waals surface area (Å²) in [6.45, 7) is 4.68. The first-order valence-corrected chi connectivity index (χ1v) is 23.7. The maximum atomic E-state index is 6.50. The van der Waals surface area contributed by atoms with Gasteiger partial charge in [0.15, 0.2) is 23.0 Å². The van der Waals surface area contributed by atoms with Crippen molar-refractivity contribution in [2.75, 3.05) is 9.80 Å². The average Bonchev–Trinajstić information content (AvgIpc) is 3.63. The van der Waals surface area contributed by atoms with Gasteiger partial charge in [-0.05, 0) is 156 Å². The molecule has 4 nitrogen and oxygen atoms in total. The summed E-state index contributed by atoms with van der Waals surface area (Å²) < 4.78 is 13.0. The normalized spacial score (nSPS) is 13.7. The summed E-state index contributed by atoms with van der Waals surface area (Å²) in [5.74, 6) is 3.31. The number of hydrogen-bond donors (Lipinski definition) is 0. The number of anilines is 6. The van der Waals surface area contributed by atoms with Crippen molar-refractivity contribution in [2.45, 2.75) is 19.3 Å². The molecule has 0 atom stereocenters. The Labute approximate surface area is 401 Å². The predicted octanol–water partition coefficient (Wildman–Crippen LogP) is 18.5. The van der Waals surface area contributed by atoms with Crippen molar-refractivity contribution in [2.24, 2.45) is 0 Å². The van der Waals surface area contributed by atoms with Crippen LogP contribution in [-0.2, 0) is 5.41 Å². The summed E-state index contributed by atoms with van der Waals surface area (Å²) in [5, 5.41) is 4.68. The molecule has 0 aromatic heterocycles. The zero-order chi connectivity index (χ0) is 45.8. The highest BCUT2D eigenvalue weighted by molar-refractivity contribution is 6.23. The summed E-state index contributed by atoms with van der Waals surface area (Å²) in [6.07, 6.45) is 0. The summed E-state index contributed by atoms with van der Waals surface area (Å²) in [5.41, 5.74) is 18.6. The van der Waals surface area contributed by atoms with Gasteiger partial charge >= 0.3 is 0 Å². The van der Waals surface area contributed by atoms with E-state index in [4.69, 9.17) is 9.47 Å². The molecule has 11 aromatic rings. The van der Waals surface area contributed by atoms with Crippen molar-refractivity contribution in [3.8, 4) is 67.5 Å². The Bertz CT molecular complexity index is 3800. The first-order valence-electron chi connectivity index (χ1n) is 23.7. The van der Waals surface area contributed by atoms with E-state index in [1.54, 1.807) is 0 Å². The van der Waals surface area contributed by atoms with Gasteiger partial charge in [0, 0.05) is 16.8 Å². The van der Waals surface area contributed by atoms with E-state index in [1.807, 2.05) is 24.3 Å². The van der Waals surface area contributed by atoms with Gasteiger partial charge in [-0.2, -0.15) is 0 Å². The first-order chi connectivity index (χ1) is 34.0. The molecule has 1 aliphatic carbocycles. The fourth-order valence-electron chi connectivity index (χ4n) is 11.4. The lowest BCUT2D eigenvalue weighted by Crippen LogP contribution is -2.15. The van der Waals surface area contributed by atoms with Crippen molar-refractivity contribution in [3.05, 3.63) is 242 Å². The average molecular weight is 885 g/mol. The minimum atomic E-state index is -0.0407. The molecule has 0 unspecified atom stereocenters. The maximum Gasteiger partial charge on any atom is 0.151 e. The third-order valence-corrected chi connectivity index (χ3v) is 14.6. The second kappa shape index (κ2) is 15.1. The Morgan fingerprint density at radius 1 is 0.304 bits per heavy atom. The van der Waals surface area contributed by atoms with Crippen LogP contribution in [0.5, 0.6) is 23.0 Å². The highest BCUT2D eigenvalue weighted by Gasteiger charge is 2.35.